The van der Waals surface area contributed by atoms with E-state index >= 15 is 0 Å². The molecule has 2 heterocycles. The fraction of sp³-hybridized carbons (Fsp3) is 0.571. The van der Waals surface area contributed by atoms with Crippen molar-refractivity contribution in [3.8, 4) is 0 Å². The lowest BCUT2D eigenvalue weighted by Crippen LogP contribution is -2.36. The van der Waals surface area contributed by atoms with Crippen LogP contribution in [0, 0.1) is 10.1 Å². The number of amides is 1. The van der Waals surface area contributed by atoms with E-state index in [-0.39, 0.29) is 6.04 Å². The second kappa shape index (κ2) is 5.78. The number of carbonyl (C=O) groups excluding carboxylic acids is 1. The van der Waals surface area contributed by atoms with Crippen molar-refractivity contribution in [3.63, 3.8) is 0 Å². The van der Waals surface area contributed by atoms with E-state index in [0.29, 0.717) is 19.5 Å². The van der Waals surface area contributed by atoms with Crippen molar-refractivity contribution in [3.05, 3.63) is 38.8 Å². The average Bonchev–Trinajstić information content (AvgIpc) is 2.86. The summed E-state index contributed by atoms with van der Waals surface area (Å²) in [5.41, 5.74) is -1.70. The smallest absolute Gasteiger partial charge is 0.410 e. The maximum Gasteiger partial charge on any atom is 0.410 e. The third-order valence-corrected chi connectivity index (χ3v) is 3.36. The molecule has 1 aliphatic heterocycles. The summed E-state index contributed by atoms with van der Waals surface area (Å²) in [4.78, 5) is 35.7. The number of hydrogen-bond acceptors (Lipinski definition) is 5. The molecule has 1 aliphatic rings. The fourth-order valence-electron chi connectivity index (χ4n) is 2.39. The Labute approximate surface area is 127 Å². The summed E-state index contributed by atoms with van der Waals surface area (Å²) in [7, 11) is 0. The highest BCUT2D eigenvalue weighted by atomic mass is 16.6. The van der Waals surface area contributed by atoms with Gasteiger partial charge in [-0.2, -0.15) is 0 Å². The van der Waals surface area contributed by atoms with Crippen LogP contribution in [0.25, 0.3) is 0 Å². The number of aromatic nitrogens is 1. The van der Waals surface area contributed by atoms with Crippen LogP contribution >= 0.6 is 0 Å². The third kappa shape index (κ3) is 3.44. The highest BCUT2D eigenvalue weighted by Crippen LogP contribution is 2.23. The molecule has 1 atom stereocenters. The van der Waals surface area contributed by atoms with Crippen molar-refractivity contribution in [1.82, 2.24) is 9.47 Å². The van der Waals surface area contributed by atoms with Crippen LogP contribution in [0.15, 0.2) is 23.1 Å². The molecular formula is C14H19N3O5. The standard InChI is InChI=1S/C14H19N3O5/c1-14(2,3)22-13(19)15-8-6-10(9-15)16-7-4-5-11(12(16)18)17(20)21/h4-5,7,10H,6,8-9H2,1-3H3. The molecular weight excluding hydrogens is 290 g/mol. The van der Waals surface area contributed by atoms with E-state index in [1.54, 1.807) is 20.8 Å². The Morgan fingerprint density at radius 3 is 2.73 bits per heavy atom. The first-order valence-corrected chi connectivity index (χ1v) is 7.02. The van der Waals surface area contributed by atoms with Gasteiger partial charge in [0.2, 0.25) is 0 Å². The molecule has 1 unspecified atom stereocenters. The van der Waals surface area contributed by atoms with Crippen molar-refractivity contribution in [1.29, 1.82) is 0 Å². The van der Waals surface area contributed by atoms with Gasteiger partial charge in [0.25, 0.3) is 0 Å². The van der Waals surface area contributed by atoms with Gasteiger partial charge in [0.05, 0.1) is 11.0 Å². The Balaban J connectivity index is 2.14. The minimum Gasteiger partial charge on any atom is -0.444 e. The average molecular weight is 309 g/mol. The second-order valence-electron chi connectivity index (χ2n) is 6.23. The quantitative estimate of drug-likeness (QED) is 0.614. The maximum absolute atomic E-state index is 12.1. The van der Waals surface area contributed by atoms with Crippen LogP contribution in [0.4, 0.5) is 10.5 Å². The molecule has 0 spiro atoms. The lowest BCUT2D eigenvalue weighted by atomic mass is 10.2. The van der Waals surface area contributed by atoms with E-state index in [9.17, 15) is 19.7 Å². The predicted octanol–water partition coefficient (Wildman–Crippen LogP) is 1.94. The molecule has 2 rings (SSSR count). The van der Waals surface area contributed by atoms with Gasteiger partial charge in [0.15, 0.2) is 0 Å². The third-order valence-electron chi connectivity index (χ3n) is 3.36. The molecule has 0 aliphatic carbocycles. The van der Waals surface area contributed by atoms with Gasteiger partial charge in [-0.25, -0.2) is 4.79 Å². The Kier molecular flexibility index (Phi) is 4.20. The van der Waals surface area contributed by atoms with E-state index in [4.69, 9.17) is 4.74 Å². The summed E-state index contributed by atoms with van der Waals surface area (Å²) in [6, 6.07) is 2.37. The highest BCUT2D eigenvalue weighted by Gasteiger charge is 2.31. The van der Waals surface area contributed by atoms with Gasteiger partial charge < -0.3 is 14.2 Å². The zero-order valence-corrected chi connectivity index (χ0v) is 12.8. The number of carbonyl (C=O) groups is 1. The number of rotatable bonds is 2. The van der Waals surface area contributed by atoms with E-state index in [1.807, 2.05) is 0 Å². The van der Waals surface area contributed by atoms with Crippen molar-refractivity contribution >= 4 is 11.8 Å². The molecule has 8 nitrogen and oxygen atoms in total. The normalized spacial score (nSPS) is 18.3. The van der Waals surface area contributed by atoms with Gasteiger partial charge in [-0.1, -0.05) is 0 Å². The minimum absolute atomic E-state index is 0.278. The monoisotopic (exact) mass is 309 g/mol. The first kappa shape index (κ1) is 16.0. The fourth-order valence-corrected chi connectivity index (χ4v) is 2.39. The SMILES string of the molecule is CC(C)(C)OC(=O)N1CCC(n2cccc([N+](=O)[O-])c2=O)C1. The first-order valence-electron chi connectivity index (χ1n) is 7.02. The predicted molar refractivity (Wildman–Crippen MR) is 78.8 cm³/mol. The zero-order valence-electron chi connectivity index (χ0n) is 12.8. The van der Waals surface area contributed by atoms with Crippen LogP contribution in [-0.4, -0.2) is 39.2 Å². The lowest BCUT2D eigenvalue weighted by Gasteiger charge is -2.24. The summed E-state index contributed by atoms with van der Waals surface area (Å²) < 4.78 is 6.61. The Bertz CT molecular complexity index is 647. The second-order valence-corrected chi connectivity index (χ2v) is 6.23. The molecule has 1 saturated heterocycles. The van der Waals surface area contributed by atoms with Crippen molar-refractivity contribution < 1.29 is 14.5 Å². The van der Waals surface area contributed by atoms with E-state index in [2.05, 4.69) is 0 Å². The topological polar surface area (TPSA) is 94.7 Å². The Hall–Kier alpha value is -2.38. The van der Waals surface area contributed by atoms with E-state index < -0.39 is 27.9 Å². The summed E-state index contributed by atoms with van der Waals surface area (Å²) in [5, 5.41) is 10.8. The summed E-state index contributed by atoms with van der Waals surface area (Å²) in [6.45, 7) is 6.10. The van der Waals surface area contributed by atoms with Gasteiger partial charge in [0, 0.05) is 25.4 Å². The van der Waals surface area contributed by atoms with Gasteiger partial charge in [-0.15, -0.1) is 0 Å². The summed E-state index contributed by atoms with van der Waals surface area (Å²) in [6.07, 6.45) is 1.63. The maximum atomic E-state index is 12.1. The molecule has 0 aromatic carbocycles. The van der Waals surface area contributed by atoms with Crippen molar-refractivity contribution in [2.24, 2.45) is 0 Å². The van der Waals surface area contributed by atoms with Crippen LogP contribution in [-0.2, 0) is 4.74 Å². The van der Waals surface area contributed by atoms with Gasteiger partial charge in [-0.3, -0.25) is 14.9 Å². The summed E-state index contributed by atoms with van der Waals surface area (Å²) in [5.74, 6) is 0. The van der Waals surface area contributed by atoms with E-state index in [1.165, 1.54) is 27.8 Å². The van der Waals surface area contributed by atoms with Crippen LogP contribution in [0.2, 0.25) is 0 Å². The molecule has 1 aromatic heterocycles. The number of nitrogens with zero attached hydrogens (tertiary/aromatic N) is 3. The molecule has 1 amide bonds. The van der Waals surface area contributed by atoms with Crippen LogP contribution in [0.5, 0.6) is 0 Å². The van der Waals surface area contributed by atoms with Gasteiger partial charge in [-0.05, 0) is 33.3 Å². The van der Waals surface area contributed by atoms with E-state index in [0.717, 1.165) is 0 Å². The molecule has 8 heteroatoms. The van der Waals surface area contributed by atoms with Gasteiger partial charge in [0.1, 0.15) is 5.60 Å². The van der Waals surface area contributed by atoms with Crippen LogP contribution < -0.4 is 5.56 Å². The molecule has 0 N–H and O–H groups in total. The molecule has 120 valence electrons. The number of nitro groups is 1. The lowest BCUT2D eigenvalue weighted by molar-refractivity contribution is -0.386. The first-order chi connectivity index (χ1) is 10.2. The molecule has 22 heavy (non-hydrogen) atoms. The molecule has 1 aromatic rings. The highest BCUT2D eigenvalue weighted by molar-refractivity contribution is 5.68. The van der Waals surface area contributed by atoms with Crippen LogP contribution in [0.3, 0.4) is 0 Å². The van der Waals surface area contributed by atoms with Crippen molar-refractivity contribution in [2.75, 3.05) is 13.1 Å². The molecule has 0 radical (unpaired) electrons. The largest absolute Gasteiger partial charge is 0.444 e. The minimum atomic E-state index is -0.695. The Morgan fingerprint density at radius 2 is 2.14 bits per heavy atom. The number of hydrogen-bond donors (Lipinski definition) is 0. The molecule has 0 saturated carbocycles. The molecule has 0 bridgehead atoms. The number of ether oxygens (including phenoxy) is 1. The number of pyridine rings is 1. The Morgan fingerprint density at radius 1 is 1.45 bits per heavy atom. The zero-order chi connectivity index (χ0) is 16.5. The molecule has 1 fully saturated rings. The number of likely N-dealkylation sites (tertiary alicyclic amines) is 1. The summed E-state index contributed by atoms with van der Waals surface area (Å²) >= 11 is 0. The van der Waals surface area contributed by atoms with Crippen LogP contribution in [0.1, 0.15) is 33.2 Å². The van der Waals surface area contributed by atoms with Gasteiger partial charge >= 0.3 is 17.3 Å². The van der Waals surface area contributed by atoms with Crippen molar-refractivity contribution in [2.45, 2.75) is 38.8 Å².